The predicted octanol–water partition coefficient (Wildman–Crippen LogP) is 7.11. The Balaban J connectivity index is 0.710. The molecule has 0 spiro atoms. The minimum absolute atomic E-state index is 0.180. The van der Waals surface area contributed by atoms with E-state index < -0.39 is 11.9 Å². The van der Waals surface area contributed by atoms with Crippen LogP contribution in [0.1, 0.15) is 83.3 Å². The van der Waals surface area contributed by atoms with Crippen LogP contribution in [0.15, 0.2) is 103 Å². The van der Waals surface area contributed by atoms with Crippen molar-refractivity contribution in [3.05, 3.63) is 137 Å². The van der Waals surface area contributed by atoms with Crippen molar-refractivity contribution in [3.8, 4) is 28.1 Å². The maximum Gasteiger partial charge on any atom is 0.255 e. The summed E-state index contributed by atoms with van der Waals surface area (Å²) in [7, 11) is 0. The van der Waals surface area contributed by atoms with Gasteiger partial charge in [-0.3, -0.25) is 24.6 Å². The van der Waals surface area contributed by atoms with Crippen molar-refractivity contribution in [1.29, 1.82) is 0 Å². The lowest BCUT2D eigenvalue weighted by atomic mass is 10.0. The number of aliphatic hydroxyl groups is 1. The van der Waals surface area contributed by atoms with Gasteiger partial charge in [0, 0.05) is 75.0 Å². The van der Waals surface area contributed by atoms with E-state index in [0.717, 1.165) is 109 Å². The molecule has 0 bridgehead atoms. The van der Waals surface area contributed by atoms with Gasteiger partial charge in [-0.1, -0.05) is 98.1 Å². The van der Waals surface area contributed by atoms with E-state index in [4.69, 9.17) is 14.8 Å². The smallest absolute Gasteiger partial charge is 0.255 e. The standard InChI is InChI=1S/C53H60N8O5/c1-37-50(41-13-7-5-8-14-41)51-55-46(33-49(61(51)57-37)59-27-25-58(26-28-59)29-30-62)42-15-10-12-38(31-42)11-6-3-2-4-9-24-54-34-39-16-18-40(19-17-39)36-66-44-21-20-43-35-60(53(65)45(43)32-44)47-22-23-48(63)56-52(47)64/h5,7-8,10,12-21,31-33,47,54,62H,2-4,6,9,11,22-30,34-36H2,1H3,(H,56,63,64). The molecule has 13 nitrogen and oxygen atoms in total. The highest BCUT2D eigenvalue weighted by Gasteiger charge is 2.39. The molecule has 1 unspecified atom stereocenters. The minimum atomic E-state index is -0.630. The van der Waals surface area contributed by atoms with Crippen LogP contribution >= 0.6 is 0 Å². The largest absolute Gasteiger partial charge is 0.489 e. The number of benzene rings is 4. The molecule has 2 saturated heterocycles. The molecule has 0 aliphatic carbocycles. The number of hydrogen-bond acceptors (Lipinski definition) is 10. The summed E-state index contributed by atoms with van der Waals surface area (Å²) in [5.41, 5.74) is 11.1. The molecule has 1 atom stereocenters. The second-order valence-electron chi connectivity index (χ2n) is 17.8. The molecule has 3 aliphatic heterocycles. The molecule has 2 fully saturated rings. The zero-order valence-electron chi connectivity index (χ0n) is 37.9. The third-order valence-electron chi connectivity index (χ3n) is 13.2. The Morgan fingerprint density at radius 2 is 1.58 bits per heavy atom. The first kappa shape index (κ1) is 44.8. The number of anilines is 1. The molecular weight excluding hydrogens is 829 g/mol. The van der Waals surface area contributed by atoms with Crippen molar-refractivity contribution in [1.82, 2.24) is 35.0 Å². The van der Waals surface area contributed by atoms with Crippen molar-refractivity contribution < 1.29 is 24.2 Å². The average Bonchev–Trinajstić information content (AvgIpc) is 3.85. The van der Waals surface area contributed by atoms with Gasteiger partial charge in [0.05, 0.1) is 18.0 Å². The number of hydrogen-bond donors (Lipinski definition) is 3. The van der Waals surface area contributed by atoms with Gasteiger partial charge in [0.2, 0.25) is 11.8 Å². The van der Waals surface area contributed by atoms with Gasteiger partial charge >= 0.3 is 0 Å². The van der Waals surface area contributed by atoms with E-state index in [1.165, 1.54) is 30.4 Å². The second kappa shape index (κ2) is 20.8. The topological polar surface area (TPSA) is 145 Å². The zero-order valence-corrected chi connectivity index (χ0v) is 37.9. The summed E-state index contributed by atoms with van der Waals surface area (Å²) >= 11 is 0. The molecule has 9 rings (SSSR count). The summed E-state index contributed by atoms with van der Waals surface area (Å²) in [5.74, 6) is 0.753. The molecule has 2 aromatic heterocycles. The van der Waals surface area contributed by atoms with Gasteiger partial charge in [-0.05, 0) is 85.2 Å². The van der Waals surface area contributed by atoms with Crippen LogP contribution in [0, 0.1) is 6.92 Å². The molecule has 3 aliphatic rings. The molecule has 13 heteroatoms. The number of rotatable bonds is 19. The molecule has 0 radical (unpaired) electrons. The van der Waals surface area contributed by atoms with Crippen LogP contribution in [0.4, 0.5) is 5.82 Å². The number of carbonyl (C=O) groups excluding carboxylic acids is 3. The van der Waals surface area contributed by atoms with E-state index in [9.17, 15) is 19.5 Å². The van der Waals surface area contributed by atoms with E-state index in [2.05, 4.69) is 106 Å². The van der Waals surface area contributed by atoms with E-state index in [1.807, 2.05) is 22.7 Å². The third kappa shape index (κ3) is 10.3. The predicted molar refractivity (Wildman–Crippen MR) is 256 cm³/mol. The molecule has 3 N–H and O–H groups in total. The quantitative estimate of drug-likeness (QED) is 0.0569. The van der Waals surface area contributed by atoms with Crippen molar-refractivity contribution in [2.75, 3.05) is 50.8 Å². The number of piperidine rings is 1. The van der Waals surface area contributed by atoms with Gasteiger partial charge in [0.25, 0.3) is 5.91 Å². The number of fused-ring (bicyclic) bond motifs is 2. The fourth-order valence-corrected chi connectivity index (χ4v) is 9.54. The monoisotopic (exact) mass is 888 g/mol. The SMILES string of the molecule is Cc1nn2c(N3CCN(CCO)CC3)cc(-c3cccc(CCCCCCCNCc4ccc(COc5ccc6c(c5)C(=O)N(C5CCC(=O)NC5=O)C6)cc4)c3)nc2c1-c1ccccc1. The number of aryl methyl sites for hydroxylation is 2. The lowest BCUT2D eigenvalue weighted by Crippen LogP contribution is -2.52. The number of β-amino-alcohol motifs (C(OH)–C–C–N with tert-alkyl or cyclic N) is 1. The first-order valence-electron chi connectivity index (χ1n) is 23.6. The van der Waals surface area contributed by atoms with E-state index in [0.29, 0.717) is 37.4 Å². The van der Waals surface area contributed by atoms with Crippen LogP contribution in [0.3, 0.4) is 0 Å². The van der Waals surface area contributed by atoms with Crippen LogP contribution < -0.4 is 20.3 Å². The van der Waals surface area contributed by atoms with Crippen LogP contribution in [-0.4, -0.2) is 99.1 Å². The Hall–Kier alpha value is -6.41. The summed E-state index contributed by atoms with van der Waals surface area (Å²) in [6.45, 7) is 9.00. The van der Waals surface area contributed by atoms with Crippen LogP contribution in [-0.2, 0) is 35.7 Å². The molecule has 6 aromatic rings. The Labute approximate surface area is 386 Å². The normalized spacial score (nSPS) is 16.6. The first-order chi connectivity index (χ1) is 32.3. The van der Waals surface area contributed by atoms with Crippen molar-refractivity contribution in [2.45, 2.75) is 84.0 Å². The summed E-state index contributed by atoms with van der Waals surface area (Å²) in [4.78, 5) is 48.7. The van der Waals surface area contributed by atoms with Gasteiger partial charge in [-0.25, -0.2) is 4.98 Å². The lowest BCUT2D eigenvalue weighted by Gasteiger charge is -2.35. The lowest BCUT2D eigenvalue weighted by molar-refractivity contribution is -0.136. The average molecular weight is 889 g/mol. The van der Waals surface area contributed by atoms with Crippen LogP contribution in [0.25, 0.3) is 28.0 Å². The van der Waals surface area contributed by atoms with Gasteiger partial charge < -0.3 is 25.0 Å². The molecule has 3 amide bonds. The fourth-order valence-electron chi connectivity index (χ4n) is 9.54. The molecule has 5 heterocycles. The number of nitrogens with one attached hydrogen (secondary N) is 2. The van der Waals surface area contributed by atoms with E-state index in [1.54, 1.807) is 11.0 Å². The summed E-state index contributed by atoms with van der Waals surface area (Å²) in [6.07, 6.45) is 7.51. The number of ether oxygens (including phenoxy) is 1. The fraction of sp³-hybridized carbons (Fsp3) is 0.377. The highest BCUT2D eigenvalue weighted by Crippen LogP contribution is 2.34. The highest BCUT2D eigenvalue weighted by molar-refractivity contribution is 6.05. The van der Waals surface area contributed by atoms with Crippen LogP contribution in [0.2, 0.25) is 0 Å². The number of piperazine rings is 1. The van der Waals surface area contributed by atoms with Crippen molar-refractivity contribution >= 4 is 29.2 Å². The first-order valence-corrected chi connectivity index (χ1v) is 23.6. The number of aliphatic hydroxyl groups excluding tert-OH is 1. The Morgan fingerprint density at radius 3 is 2.38 bits per heavy atom. The maximum absolute atomic E-state index is 13.2. The van der Waals surface area contributed by atoms with Crippen molar-refractivity contribution in [3.63, 3.8) is 0 Å². The second-order valence-corrected chi connectivity index (χ2v) is 17.8. The van der Waals surface area contributed by atoms with Crippen molar-refractivity contribution in [2.24, 2.45) is 0 Å². The van der Waals surface area contributed by atoms with E-state index >= 15 is 0 Å². The zero-order chi connectivity index (χ0) is 45.4. The van der Waals surface area contributed by atoms with Gasteiger partial charge in [-0.2, -0.15) is 9.61 Å². The highest BCUT2D eigenvalue weighted by atomic mass is 16.5. The number of aromatic nitrogens is 3. The third-order valence-corrected chi connectivity index (χ3v) is 13.2. The van der Waals surface area contributed by atoms with Gasteiger partial charge in [0.1, 0.15) is 24.2 Å². The summed E-state index contributed by atoms with van der Waals surface area (Å²) < 4.78 is 8.09. The number of carbonyl (C=O) groups is 3. The molecular formula is C53H60N8O5. The Bertz CT molecular complexity index is 2660. The summed E-state index contributed by atoms with van der Waals surface area (Å²) in [5, 5.41) is 20.5. The molecule has 66 heavy (non-hydrogen) atoms. The van der Waals surface area contributed by atoms with E-state index in [-0.39, 0.29) is 24.8 Å². The van der Waals surface area contributed by atoms with Gasteiger partial charge in [-0.15, -0.1) is 0 Å². The maximum atomic E-state index is 13.2. The Morgan fingerprint density at radius 1 is 0.803 bits per heavy atom. The minimum Gasteiger partial charge on any atom is -0.489 e. The number of imide groups is 1. The summed E-state index contributed by atoms with van der Waals surface area (Å²) in [6, 6.07) is 34.8. The number of nitrogens with zero attached hydrogens (tertiary/aromatic N) is 6. The number of amides is 3. The van der Waals surface area contributed by atoms with Gasteiger partial charge in [0.15, 0.2) is 5.65 Å². The molecule has 0 saturated carbocycles. The van der Waals surface area contributed by atoms with Crippen LogP contribution in [0.5, 0.6) is 5.75 Å². The molecule has 342 valence electrons. The Kier molecular flexibility index (Phi) is 14.1. The molecule has 4 aromatic carbocycles. The number of unbranched alkanes of at least 4 members (excludes halogenated alkanes) is 4.